The summed E-state index contributed by atoms with van der Waals surface area (Å²) in [6.45, 7) is 3.43. The van der Waals surface area contributed by atoms with Gasteiger partial charge in [-0.2, -0.15) is 18.0 Å². The second-order valence-corrected chi connectivity index (χ2v) is 18.7. The Morgan fingerprint density at radius 1 is 0.925 bits per heavy atom. The van der Waals surface area contributed by atoms with Crippen molar-refractivity contribution in [1.82, 2.24) is 38.9 Å². The SMILES string of the molecule is CN(C1CC1)S(=O)(=O)Nc1ccc(F)c(Oc2ccc3ncn(-c4cnc(N5CCN(C(=O)CN6CCC(c7ccc(NC8CCC(=O)NC8=O)cc7F)CC6)CC5)nc4)c(=O)c3c2)c1C#N. The summed E-state index contributed by atoms with van der Waals surface area (Å²) in [5, 5.41) is 15.4. The number of amides is 3. The van der Waals surface area contributed by atoms with E-state index in [4.69, 9.17) is 4.74 Å². The molecule has 4 fully saturated rings. The number of piperazine rings is 1. The van der Waals surface area contributed by atoms with E-state index >= 15 is 8.78 Å². The van der Waals surface area contributed by atoms with Crippen LogP contribution in [-0.4, -0.2) is 125 Å². The minimum atomic E-state index is -4.03. The maximum absolute atomic E-state index is 15.3. The molecule has 9 rings (SSSR count). The number of likely N-dealkylation sites (tertiary alicyclic amines) is 1. The maximum Gasteiger partial charge on any atom is 0.301 e. The van der Waals surface area contributed by atoms with Gasteiger partial charge in [-0.3, -0.25) is 38.7 Å². The fraction of sp³-hybridized carbons (Fsp3) is 0.378. The number of carbonyl (C=O) groups excluding carboxylic acids is 3. The number of aromatic nitrogens is 4. The highest BCUT2D eigenvalue weighted by Gasteiger charge is 2.35. The largest absolute Gasteiger partial charge is 0.453 e. The molecule has 1 unspecified atom stereocenters. The molecule has 0 bridgehead atoms. The van der Waals surface area contributed by atoms with Crippen LogP contribution in [0.5, 0.6) is 11.5 Å². The number of hydrogen-bond donors (Lipinski definition) is 3. The molecule has 3 N–H and O–H groups in total. The zero-order chi connectivity index (χ0) is 47.0. The van der Waals surface area contributed by atoms with Crippen molar-refractivity contribution >= 4 is 56.2 Å². The molecule has 1 atom stereocenters. The number of ether oxygens (including phenoxy) is 1. The molecule has 0 spiro atoms. The van der Waals surface area contributed by atoms with Gasteiger partial charge >= 0.3 is 10.2 Å². The van der Waals surface area contributed by atoms with Crippen LogP contribution in [-0.2, 0) is 24.6 Å². The number of fused-ring (bicyclic) bond motifs is 1. The van der Waals surface area contributed by atoms with Gasteiger partial charge in [-0.25, -0.2) is 23.7 Å². The van der Waals surface area contributed by atoms with Crippen LogP contribution in [0, 0.1) is 23.0 Å². The smallest absolute Gasteiger partial charge is 0.301 e. The molecule has 3 aromatic carbocycles. The monoisotopic (exact) mass is 936 g/mol. The molecule has 2 aromatic heterocycles. The summed E-state index contributed by atoms with van der Waals surface area (Å²) in [7, 11) is -2.60. The van der Waals surface area contributed by atoms with Crippen molar-refractivity contribution in [2.24, 2.45) is 0 Å². The average Bonchev–Trinajstić information content (AvgIpc) is 4.18. The van der Waals surface area contributed by atoms with Crippen molar-refractivity contribution in [3.63, 3.8) is 0 Å². The first-order valence-electron chi connectivity index (χ1n) is 21.9. The highest BCUT2D eigenvalue weighted by Crippen LogP contribution is 2.36. The van der Waals surface area contributed by atoms with Gasteiger partial charge in [-0.1, -0.05) is 6.07 Å². The first kappa shape index (κ1) is 45.1. The fourth-order valence-corrected chi connectivity index (χ4v) is 9.79. The Morgan fingerprint density at radius 3 is 2.36 bits per heavy atom. The molecule has 67 heavy (non-hydrogen) atoms. The molecular formula is C45H46F2N12O7S. The molecule has 3 amide bonds. The van der Waals surface area contributed by atoms with Crippen LogP contribution in [0.4, 0.5) is 26.1 Å². The summed E-state index contributed by atoms with van der Waals surface area (Å²) in [4.78, 5) is 70.0. The number of halogens is 2. The third-order valence-corrected chi connectivity index (χ3v) is 14.2. The summed E-state index contributed by atoms with van der Waals surface area (Å²) in [5.41, 5.74) is 0.671. The van der Waals surface area contributed by atoms with Crippen molar-refractivity contribution in [1.29, 1.82) is 5.26 Å². The third kappa shape index (κ3) is 9.75. The van der Waals surface area contributed by atoms with E-state index in [1.807, 2.05) is 15.9 Å². The van der Waals surface area contributed by atoms with Crippen LogP contribution >= 0.6 is 0 Å². The van der Waals surface area contributed by atoms with Gasteiger partial charge in [-0.15, -0.1) is 0 Å². The fourth-order valence-electron chi connectivity index (χ4n) is 8.60. The Hall–Kier alpha value is -7.09. The topological polar surface area (TPSA) is 228 Å². The Kier molecular flexibility index (Phi) is 12.6. The highest BCUT2D eigenvalue weighted by molar-refractivity contribution is 7.90. The van der Waals surface area contributed by atoms with Gasteiger partial charge in [0, 0.05) is 51.4 Å². The van der Waals surface area contributed by atoms with Crippen molar-refractivity contribution < 1.29 is 36.3 Å². The third-order valence-electron chi connectivity index (χ3n) is 12.6. The van der Waals surface area contributed by atoms with E-state index in [9.17, 15) is 32.9 Å². The number of hydrogen-bond acceptors (Lipinski definition) is 14. The van der Waals surface area contributed by atoms with Gasteiger partial charge in [-0.05, 0) is 99.1 Å². The summed E-state index contributed by atoms with van der Waals surface area (Å²) in [5.74, 6) is -2.11. The van der Waals surface area contributed by atoms with E-state index in [1.54, 1.807) is 12.1 Å². The van der Waals surface area contributed by atoms with Crippen molar-refractivity contribution in [2.75, 3.05) is 67.8 Å². The molecule has 1 aliphatic carbocycles. The van der Waals surface area contributed by atoms with Crippen molar-refractivity contribution in [3.8, 4) is 23.3 Å². The molecule has 3 aliphatic heterocycles. The van der Waals surface area contributed by atoms with Gasteiger partial charge in [0.05, 0.1) is 41.2 Å². The quantitative estimate of drug-likeness (QED) is 0.143. The first-order chi connectivity index (χ1) is 32.2. The lowest BCUT2D eigenvalue weighted by Crippen LogP contribution is -2.52. The first-order valence-corrected chi connectivity index (χ1v) is 23.3. The summed E-state index contributed by atoms with van der Waals surface area (Å²) < 4.78 is 66.8. The van der Waals surface area contributed by atoms with Gasteiger partial charge < -0.3 is 19.9 Å². The van der Waals surface area contributed by atoms with Crippen LogP contribution in [0.3, 0.4) is 0 Å². The lowest BCUT2D eigenvalue weighted by atomic mass is 9.89. The second kappa shape index (κ2) is 18.7. The van der Waals surface area contributed by atoms with Gasteiger partial charge in [0.15, 0.2) is 11.6 Å². The molecular weight excluding hydrogens is 891 g/mol. The molecule has 22 heteroatoms. The molecule has 4 aliphatic rings. The summed E-state index contributed by atoms with van der Waals surface area (Å²) in [6.07, 6.45) is 7.69. The predicted octanol–water partition coefficient (Wildman–Crippen LogP) is 3.61. The molecule has 0 radical (unpaired) electrons. The molecule has 5 aromatic rings. The number of benzene rings is 3. The van der Waals surface area contributed by atoms with Crippen molar-refractivity contribution in [2.45, 2.75) is 56.5 Å². The van der Waals surface area contributed by atoms with Gasteiger partial charge in [0.25, 0.3) is 5.56 Å². The normalized spacial score (nSPS) is 18.5. The highest BCUT2D eigenvalue weighted by atomic mass is 32.2. The standard InChI is InChI=1S/C45H46F2N12O7S/c1-55(29-3-4-29)67(64,65)54-38-9-7-35(46)42(34(38)22-48)66-31-5-8-37-33(21-31)44(63)59(26-51-37)30-23-49-45(50-24-30)58-18-16-57(17-19-58)41(61)25-56-14-12-27(13-15-56)32-6-2-28(20-36(32)47)52-39-10-11-40(60)53-43(39)62/h2,5-9,20-21,23-24,26-27,29,39,52,54H,3-4,10-19,25H2,1H3,(H,53,60,62). The molecule has 19 nitrogen and oxygen atoms in total. The van der Waals surface area contributed by atoms with Crippen LogP contribution in [0.15, 0.2) is 72.0 Å². The predicted molar refractivity (Wildman–Crippen MR) is 241 cm³/mol. The minimum absolute atomic E-state index is 0.00223. The average molecular weight is 937 g/mol. The number of piperidine rings is 2. The van der Waals surface area contributed by atoms with Gasteiger partial charge in [0.1, 0.15) is 35.6 Å². The Balaban J connectivity index is 0.780. The van der Waals surface area contributed by atoms with E-state index in [-0.39, 0.29) is 64.9 Å². The van der Waals surface area contributed by atoms with E-state index in [2.05, 4.69) is 35.2 Å². The Bertz CT molecular complexity index is 2970. The molecule has 1 saturated carbocycles. The number of nitriles is 1. The summed E-state index contributed by atoms with van der Waals surface area (Å²) >= 11 is 0. The van der Waals surface area contributed by atoms with E-state index in [0.29, 0.717) is 99.8 Å². The maximum atomic E-state index is 15.3. The zero-order valence-corrected chi connectivity index (χ0v) is 37.1. The van der Waals surface area contributed by atoms with Crippen LogP contribution in [0.1, 0.15) is 55.6 Å². The van der Waals surface area contributed by atoms with E-state index in [1.165, 1.54) is 58.9 Å². The number of anilines is 3. The summed E-state index contributed by atoms with van der Waals surface area (Å²) in [6, 6.07) is 12.4. The van der Waals surface area contributed by atoms with Crippen LogP contribution < -0.4 is 30.6 Å². The number of nitrogens with one attached hydrogen (secondary N) is 3. The minimum Gasteiger partial charge on any atom is -0.453 e. The zero-order valence-electron chi connectivity index (χ0n) is 36.3. The number of carbonyl (C=O) groups is 3. The number of rotatable bonds is 13. The lowest BCUT2D eigenvalue weighted by molar-refractivity contribution is -0.134. The Labute approximate surface area is 383 Å². The number of imide groups is 1. The molecule has 5 heterocycles. The van der Waals surface area contributed by atoms with Crippen molar-refractivity contribution in [3.05, 3.63) is 100 Å². The second-order valence-electron chi connectivity index (χ2n) is 17.0. The van der Waals surface area contributed by atoms with E-state index < -0.39 is 39.3 Å². The lowest BCUT2D eigenvalue weighted by Gasteiger charge is -2.37. The molecule has 348 valence electrons. The van der Waals surface area contributed by atoms with E-state index in [0.717, 1.165) is 12.1 Å². The van der Waals surface area contributed by atoms with Crippen LogP contribution in [0.2, 0.25) is 0 Å². The Morgan fingerprint density at radius 2 is 1.67 bits per heavy atom. The van der Waals surface area contributed by atoms with Gasteiger partial charge in [0.2, 0.25) is 23.7 Å². The molecule has 3 saturated heterocycles. The number of nitrogens with zero attached hydrogens (tertiary/aromatic N) is 9. The van der Waals surface area contributed by atoms with Crippen LogP contribution in [0.25, 0.3) is 16.6 Å².